The molecule has 0 bridgehead atoms. The molecule has 5 N–H and O–H groups in total. The minimum Gasteiger partial charge on any atom is -0.462 e. The lowest BCUT2D eigenvalue weighted by Crippen LogP contribution is -2.60. The number of hydrogen-bond donors (Lipinski definition) is 5. The molecule has 2 saturated heterocycles. The molecule has 11 heteroatoms. The number of benzene rings is 3. The smallest absolute Gasteiger partial charge is 0.233 e. The van der Waals surface area contributed by atoms with Gasteiger partial charge in [0, 0.05) is 5.69 Å². The molecule has 2 heterocycles. The molecule has 1 amide bonds. The van der Waals surface area contributed by atoms with Gasteiger partial charge in [0.1, 0.15) is 41.8 Å². The molecule has 218 valence electrons. The number of amides is 1. The number of hydrogen-bond acceptors (Lipinski definition) is 8. The number of carbonyl (C=O) groups excluding carboxylic acids is 1. The summed E-state index contributed by atoms with van der Waals surface area (Å²) in [4.78, 5) is 14.8. The van der Waals surface area contributed by atoms with E-state index in [9.17, 15) is 39.1 Å². The molecule has 3 aromatic rings. The highest BCUT2D eigenvalue weighted by molar-refractivity contribution is 6.03. The van der Waals surface area contributed by atoms with Crippen LogP contribution in [0.25, 0.3) is 0 Å². The SMILES string of the molecule is O=C1C(CCC(O)c2ccc(F)cc2)C(c2ccc(OC3OC(CO)C(O)C(O)C3O)cc2)N1c1ccc(F)cc1. The third kappa shape index (κ3) is 5.96. The van der Waals surface area contributed by atoms with Crippen molar-refractivity contribution in [1.82, 2.24) is 0 Å². The van der Waals surface area contributed by atoms with Crippen molar-refractivity contribution in [3.8, 4) is 5.75 Å². The fourth-order valence-corrected chi connectivity index (χ4v) is 5.33. The summed E-state index contributed by atoms with van der Waals surface area (Å²) in [5.41, 5.74) is 1.79. The maximum absolute atomic E-state index is 13.6. The topological polar surface area (TPSA) is 140 Å². The van der Waals surface area contributed by atoms with Gasteiger partial charge in [-0.1, -0.05) is 24.3 Å². The second-order valence-corrected chi connectivity index (χ2v) is 10.3. The molecular formula is C30H31F2NO8. The first-order chi connectivity index (χ1) is 19.7. The van der Waals surface area contributed by atoms with E-state index in [0.717, 1.165) is 5.56 Å². The van der Waals surface area contributed by atoms with Crippen molar-refractivity contribution in [3.63, 3.8) is 0 Å². The minimum atomic E-state index is -1.58. The first-order valence-electron chi connectivity index (χ1n) is 13.3. The Morgan fingerprint density at radius 2 is 1.46 bits per heavy atom. The van der Waals surface area contributed by atoms with Gasteiger partial charge < -0.3 is 39.9 Å². The Morgan fingerprint density at radius 3 is 2.07 bits per heavy atom. The quantitative estimate of drug-likeness (QED) is 0.247. The summed E-state index contributed by atoms with van der Waals surface area (Å²) in [5.74, 6) is -1.27. The van der Waals surface area contributed by atoms with Crippen LogP contribution in [0.2, 0.25) is 0 Å². The van der Waals surface area contributed by atoms with Crippen LogP contribution < -0.4 is 9.64 Å². The average Bonchev–Trinajstić information content (AvgIpc) is 2.98. The van der Waals surface area contributed by atoms with E-state index >= 15 is 0 Å². The van der Waals surface area contributed by atoms with Crippen LogP contribution in [0.15, 0.2) is 72.8 Å². The van der Waals surface area contributed by atoms with E-state index in [2.05, 4.69) is 0 Å². The van der Waals surface area contributed by atoms with Gasteiger partial charge in [-0.05, 0) is 72.5 Å². The van der Waals surface area contributed by atoms with E-state index < -0.39 is 67.0 Å². The zero-order valence-corrected chi connectivity index (χ0v) is 21.8. The van der Waals surface area contributed by atoms with Gasteiger partial charge in [-0.3, -0.25) is 4.79 Å². The lowest BCUT2D eigenvalue weighted by Gasteiger charge is -2.48. The van der Waals surface area contributed by atoms with Gasteiger partial charge in [0.15, 0.2) is 0 Å². The van der Waals surface area contributed by atoms with Gasteiger partial charge in [-0.15, -0.1) is 0 Å². The first-order valence-corrected chi connectivity index (χ1v) is 13.3. The molecule has 8 atom stereocenters. The highest BCUT2D eigenvalue weighted by Gasteiger charge is 2.49. The normalized spacial score (nSPS) is 28.7. The highest BCUT2D eigenvalue weighted by atomic mass is 19.1. The van der Waals surface area contributed by atoms with Crippen LogP contribution in [0.3, 0.4) is 0 Å². The summed E-state index contributed by atoms with van der Waals surface area (Å²) in [6.45, 7) is -0.587. The molecule has 0 aliphatic carbocycles. The fraction of sp³-hybridized carbons (Fsp3) is 0.367. The third-order valence-corrected chi connectivity index (χ3v) is 7.65. The van der Waals surface area contributed by atoms with Crippen LogP contribution in [0, 0.1) is 17.6 Å². The number of rotatable bonds is 9. The fourth-order valence-electron chi connectivity index (χ4n) is 5.33. The number of β-lactam (4-membered cyclic amide) rings is 1. The molecule has 9 nitrogen and oxygen atoms in total. The van der Waals surface area contributed by atoms with Gasteiger partial charge >= 0.3 is 0 Å². The van der Waals surface area contributed by atoms with Crippen LogP contribution in [0.5, 0.6) is 5.75 Å². The Morgan fingerprint density at radius 1 is 0.854 bits per heavy atom. The van der Waals surface area contributed by atoms with Crippen LogP contribution in [0.4, 0.5) is 14.5 Å². The molecule has 2 aliphatic heterocycles. The molecule has 0 radical (unpaired) electrons. The number of aliphatic hydroxyl groups is 5. The predicted octanol–water partition coefficient (Wildman–Crippen LogP) is 2.36. The Balaban J connectivity index is 1.33. The average molecular weight is 572 g/mol. The van der Waals surface area contributed by atoms with Crippen molar-refractivity contribution in [1.29, 1.82) is 0 Å². The van der Waals surface area contributed by atoms with Crippen molar-refractivity contribution in [2.24, 2.45) is 5.92 Å². The lowest BCUT2D eigenvalue weighted by molar-refractivity contribution is -0.277. The van der Waals surface area contributed by atoms with Gasteiger partial charge in [-0.2, -0.15) is 0 Å². The number of halogens is 2. The Kier molecular flexibility index (Phi) is 8.64. The summed E-state index contributed by atoms with van der Waals surface area (Å²) in [5, 5.41) is 50.3. The summed E-state index contributed by atoms with van der Waals surface area (Å²) in [7, 11) is 0. The minimum absolute atomic E-state index is 0.186. The molecule has 2 fully saturated rings. The second-order valence-electron chi connectivity index (χ2n) is 10.3. The highest BCUT2D eigenvalue weighted by Crippen LogP contribution is 2.46. The Labute approximate surface area is 234 Å². The second kappa shape index (κ2) is 12.2. The largest absolute Gasteiger partial charge is 0.462 e. The molecule has 41 heavy (non-hydrogen) atoms. The molecule has 0 saturated carbocycles. The monoisotopic (exact) mass is 571 g/mol. The van der Waals surface area contributed by atoms with Crippen molar-refractivity contribution in [3.05, 3.63) is 95.6 Å². The van der Waals surface area contributed by atoms with Crippen LogP contribution in [0.1, 0.15) is 36.1 Å². The van der Waals surface area contributed by atoms with Gasteiger partial charge in [0.2, 0.25) is 12.2 Å². The van der Waals surface area contributed by atoms with Crippen LogP contribution >= 0.6 is 0 Å². The first kappa shape index (κ1) is 29.1. The zero-order chi connectivity index (χ0) is 29.3. The maximum Gasteiger partial charge on any atom is 0.233 e. The summed E-state index contributed by atoms with van der Waals surface area (Å²) < 4.78 is 37.9. The van der Waals surface area contributed by atoms with Gasteiger partial charge in [0.25, 0.3) is 0 Å². The number of carbonyl (C=O) groups is 1. The van der Waals surface area contributed by atoms with E-state index in [4.69, 9.17) is 9.47 Å². The molecule has 2 aliphatic rings. The molecule has 8 unspecified atom stereocenters. The van der Waals surface area contributed by atoms with Gasteiger partial charge in [0.05, 0.1) is 24.7 Å². The van der Waals surface area contributed by atoms with E-state index in [1.54, 1.807) is 29.2 Å². The van der Waals surface area contributed by atoms with E-state index in [1.807, 2.05) is 0 Å². The Bertz CT molecular complexity index is 1320. The van der Waals surface area contributed by atoms with E-state index in [1.165, 1.54) is 48.5 Å². The molecular weight excluding hydrogens is 540 g/mol. The van der Waals surface area contributed by atoms with Crippen LogP contribution in [-0.2, 0) is 9.53 Å². The van der Waals surface area contributed by atoms with Crippen LogP contribution in [-0.4, -0.2) is 68.8 Å². The lowest BCUT2D eigenvalue weighted by atomic mass is 9.78. The molecule has 0 spiro atoms. The van der Waals surface area contributed by atoms with Crippen molar-refractivity contribution >= 4 is 11.6 Å². The zero-order valence-electron chi connectivity index (χ0n) is 21.8. The van der Waals surface area contributed by atoms with E-state index in [-0.39, 0.29) is 18.1 Å². The third-order valence-electron chi connectivity index (χ3n) is 7.65. The summed E-state index contributed by atoms with van der Waals surface area (Å²) in [6, 6.07) is 17.3. The number of ether oxygens (including phenoxy) is 2. The standard InChI is InChI=1S/C30H31F2NO8/c31-18-5-1-16(2-6-18)23(35)14-13-22-25(33(29(22)39)20-9-7-19(32)8-10-20)17-3-11-21(12-4-17)40-30-28(38)27(37)26(36)24(15-34)41-30/h1-12,22-28,30,34-38H,13-15H2. The predicted molar refractivity (Wildman–Crippen MR) is 142 cm³/mol. The summed E-state index contributed by atoms with van der Waals surface area (Å²) in [6.07, 6.45) is -7.42. The van der Waals surface area contributed by atoms with Crippen molar-refractivity contribution in [2.45, 2.75) is 55.7 Å². The van der Waals surface area contributed by atoms with E-state index in [0.29, 0.717) is 17.7 Å². The maximum atomic E-state index is 13.6. The number of anilines is 1. The number of nitrogens with zero attached hydrogens (tertiary/aromatic N) is 1. The molecule has 3 aromatic carbocycles. The molecule has 0 aromatic heterocycles. The summed E-state index contributed by atoms with van der Waals surface area (Å²) >= 11 is 0. The molecule has 5 rings (SSSR count). The Hall–Kier alpha value is -3.45. The van der Waals surface area contributed by atoms with Crippen molar-refractivity contribution < 1.29 is 48.6 Å². The van der Waals surface area contributed by atoms with Crippen molar-refractivity contribution in [2.75, 3.05) is 11.5 Å². The number of aliphatic hydroxyl groups excluding tert-OH is 5. The van der Waals surface area contributed by atoms with Gasteiger partial charge in [-0.25, -0.2) is 8.78 Å².